The van der Waals surface area contributed by atoms with Crippen LogP contribution in [0.1, 0.15) is 26.5 Å². The Hall–Kier alpha value is -1.72. The van der Waals surface area contributed by atoms with Crippen LogP contribution < -0.4 is 0 Å². The number of rotatable bonds is 5. The van der Waals surface area contributed by atoms with Gasteiger partial charge in [0.1, 0.15) is 0 Å². The third-order valence-electron chi connectivity index (χ3n) is 3.09. The van der Waals surface area contributed by atoms with Crippen molar-refractivity contribution in [1.29, 1.82) is 0 Å². The number of hydrogen-bond donors (Lipinski definition) is 0. The van der Waals surface area contributed by atoms with Crippen molar-refractivity contribution >= 4 is 17.3 Å². The van der Waals surface area contributed by atoms with Crippen LogP contribution in [0.3, 0.4) is 0 Å². The third kappa shape index (κ3) is 3.65. The van der Waals surface area contributed by atoms with Crippen LogP contribution in [0.5, 0.6) is 0 Å². The first-order chi connectivity index (χ1) is 9.60. The number of carbonyl (C=O) groups is 1. The van der Waals surface area contributed by atoms with Gasteiger partial charge in [0, 0.05) is 18.0 Å². The predicted octanol–water partition coefficient (Wildman–Crippen LogP) is 2.87. The summed E-state index contributed by atoms with van der Waals surface area (Å²) in [5.41, 5.74) is 4.73. The van der Waals surface area contributed by atoms with Gasteiger partial charge in [-0.15, -0.1) is 11.3 Å². The van der Waals surface area contributed by atoms with Crippen LogP contribution in [-0.2, 0) is 17.8 Å². The topological polar surface area (TPSA) is 42.4 Å². The van der Waals surface area contributed by atoms with Crippen molar-refractivity contribution in [2.24, 2.45) is 0 Å². The van der Waals surface area contributed by atoms with E-state index < -0.39 is 0 Å². The third-order valence-corrected chi connectivity index (χ3v) is 4.01. The molecule has 0 unspecified atom stereocenters. The molecule has 0 saturated carbocycles. The molecule has 0 N–H and O–H groups in total. The number of carbonyl (C=O) groups excluding carboxylic acids is 1. The number of nitrogens with zero attached hydrogens (tertiary/aromatic N) is 2. The molecular formula is C15H18N2O2S. The molecule has 106 valence electrons. The summed E-state index contributed by atoms with van der Waals surface area (Å²) in [6, 6.07) is 7.52. The number of esters is 1. The first kappa shape index (κ1) is 14.7. The van der Waals surface area contributed by atoms with Crippen LogP contribution in [0.2, 0.25) is 0 Å². The molecule has 0 radical (unpaired) electrons. The Bertz CT molecular complexity index is 578. The Balaban J connectivity index is 1.96. The van der Waals surface area contributed by atoms with Gasteiger partial charge in [-0.05, 0) is 31.7 Å². The zero-order valence-corrected chi connectivity index (χ0v) is 12.7. The summed E-state index contributed by atoms with van der Waals surface area (Å²) in [6.07, 6.45) is 0. The van der Waals surface area contributed by atoms with E-state index in [1.54, 1.807) is 23.5 Å². The highest BCUT2D eigenvalue weighted by atomic mass is 32.1. The number of hydrogen-bond acceptors (Lipinski definition) is 5. The van der Waals surface area contributed by atoms with Crippen molar-refractivity contribution in [3.8, 4) is 0 Å². The minimum atomic E-state index is -0.301. The Kier molecular flexibility index (Phi) is 4.87. The summed E-state index contributed by atoms with van der Waals surface area (Å²) in [5.74, 6) is -0.301. The van der Waals surface area contributed by atoms with Gasteiger partial charge < -0.3 is 4.74 Å². The molecule has 0 aliphatic heterocycles. The predicted molar refractivity (Wildman–Crippen MR) is 79.8 cm³/mol. The highest BCUT2D eigenvalue weighted by molar-refractivity contribution is 7.09. The SMILES string of the molecule is COC(=O)c1ccc(CN(C)Cc2scnc2C)cc1. The zero-order chi connectivity index (χ0) is 14.5. The second kappa shape index (κ2) is 6.63. The van der Waals surface area contributed by atoms with Gasteiger partial charge in [0.15, 0.2) is 0 Å². The highest BCUT2D eigenvalue weighted by Gasteiger charge is 2.08. The maximum Gasteiger partial charge on any atom is 0.337 e. The van der Waals surface area contributed by atoms with Gasteiger partial charge in [-0.1, -0.05) is 12.1 Å². The average molecular weight is 290 g/mol. The number of benzene rings is 1. The van der Waals surface area contributed by atoms with E-state index in [1.165, 1.54) is 17.6 Å². The molecule has 2 rings (SSSR count). The van der Waals surface area contributed by atoms with Crippen LogP contribution in [0.15, 0.2) is 29.8 Å². The fourth-order valence-corrected chi connectivity index (χ4v) is 2.81. The quantitative estimate of drug-likeness (QED) is 0.794. The lowest BCUT2D eigenvalue weighted by molar-refractivity contribution is 0.0600. The lowest BCUT2D eigenvalue weighted by Crippen LogP contribution is -2.17. The maximum atomic E-state index is 11.4. The standard InChI is InChI=1S/C15H18N2O2S/c1-11-14(20-10-16-11)9-17(2)8-12-4-6-13(7-5-12)15(18)19-3/h4-7,10H,8-9H2,1-3H3. The Morgan fingerprint density at radius 3 is 2.55 bits per heavy atom. The summed E-state index contributed by atoms with van der Waals surface area (Å²) in [5, 5.41) is 0. The highest BCUT2D eigenvalue weighted by Crippen LogP contribution is 2.16. The van der Waals surface area contributed by atoms with Crippen LogP contribution >= 0.6 is 11.3 Å². The molecule has 1 aromatic carbocycles. The summed E-state index contributed by atoms with van der Waals surface area (Å²) < 4.78 is 4.69. The molecule has 1 heterocycles. The van der Waals surface area contributed by atoms with Gasteiger partial charge in [0.05, 0.1) is 23.9 Å². The molecule has 0 saturated heterocycles. The molecule has 0 fully saturated rings. The van der Waals surface area contributed by atoms with E-state index in [-0.39, 0.29) is 5.97 Å². The molecule has 0 atom stereocenters. The van der Waals surface area contributed by atoms with Crippen LogP contribution in [0.4, 0.5) is 0 Å². The van der Waals surface area contributed by atoms with Gasteiger partial charge in [-0.2, -0.15) is 0 Å². The van der Waals surface area contributed by atoms with Crippen molar-refractivity contribution in [2.45, 2.75) is 20.0 Å². The number of aromatic nitrogens is 1. The van der Waals surface area contributed by atoms with E-state index in [9.17, 15) is 4.79 Å². The zero-order valence-electron chi connectivity index (χ0n) is 11.9. The second-order valence-corrected chi connectivity index (χ2v) is 5.66. The number of aryl methyl sites for hydroxylation is 1. The van der Waals surface area contributed by atoms with Crippen LogP contribution in [0, 0.1) is 6.92 Å². The van der Waals surface area contributed by atoms with Gasteiger partial charge in [0.25, 0.3) is 0 Å². The van der Waals surface area contributed by atoms with Crippen molar-refractivity contribution in [1.82, 2.24) is 9.88 Å². The molecule has 1 aromatic heterocycles. The van der Waals surface area contributed by atoms with Crippen molar-refractivity contribution < 1.29 is 9.53 Å². The fraction of sp³-hybridized carbons (Fsp3) is 0.333. The molecular weight excluding hydrogens is 272 g/mol. The largest absolute Gasteiger partial charge is 0.465 e. The van der Waals surface area contributed by atoms with Crippen molar-refractivity contribution in [3.63, 3.8) is 0 Å². The lowest BCUT2D eigenvalue weighted by Gasteiger charge is -2.16. The summed E-state index contributed by atoms with van der Waals surface area (Å²) in [6.45, 7) is 3.75. The van der Waals surface area contributed by atoms with Gasteiger partial charge >= 0.3 is 5.97 Å². The molecule has 0 aliphatic rings. The van der Waals surface area contributed by atoms with Gasteiger partial charge in [-0.25, -0.2) is 9.78 Å². The van der Waals surface area contributed by atoms with E-state index in [0.29, 0.717) is 5.56 Å². The monoisotopic (exact) mass is 290 g/mol. The first-order valence-electron chi connectivity index (χ1n) is 6.35. The second-order valence-electron chi connectivity index (χ2n) is 4.72. The molecule has 5 heteroatoms. The molecule has 0 aliphatic carbocycles. The number of ether oxygens (including phenoxy) is 1. The van der Waals surface area contributed by atoms with Gasteiger partial charge in [-0.3, -0.25) is 4.90 Å². The van der Waals surface area contributed by atoms with E-state index in [1.807, 2.05) is 24.6 Å². The smallest absolute Gasteiger partial charge is 0.337 e. The molecule has 4 nitrogen and oxygen atoms in total. The summed E-state index contributed by atoms with van der Waals surface area (Å²) in [4.78, 5) is 19.1. The van der Waals surface area contributed by atoms with E-state index in [2.05, 4.69) is 21.7 Å². The molecule has 2 aromatic rings. The molecule has 20 heavy (non-hydrogen) atoms. The molecule has 0 bridgehead atoms. The number of methoxy groups -OCH3 is 1. The van der Waals surface area contributed by atoms with Crippen molar-refractivity contribution in [3.05, 3.63) is 51.5 Å². The minimum absolute atomic E-state index is 0.301. The molecule has 0 spiro atoms. The first-order valence-corrected chi connectivity index (χ1v) is 7.23. The minimum Gasteiger partial charge on any atom is -0.465 e. The van der Waals surface area contributed by atoms with Gasteiger partial charge in [0.2, 0.25) is 0 Å². The van der Waals surface area contributed by atoms with Crippen molar-refractivity contribution in [2.75, 3.05) is 14.2 Å². The van der Waals surface area contributed by atoms with Crippen LogP contribution in [0.25, 0.3) is 0 Å². The average Bonchev–Trinajstić information content (AvgIpc) is 2.84. The lowest BCUT2D eigenvalue weighted by atomic mass is 10.1. The summed E-state index contributed by atoms with van der Waals surface area (Å²) >= 11 is 1.68. The van der Waals surface area contributed by atoms with E-state index in [0.717, 1.165) is 18.8 Å². The normalized spacial score (nSPS) is 10.8. The van der Waals surface area contributed by atoms with Crippen LogP contribution in [-0.4, -0.2) is 30.0 Å². The van der Waals surface area contributed by atoms with E-state index >= 15 is 0 Å². The fourth-order valence-electron chi connectivity index (χ4n) is 1.95. The Morgan fingerprint density at radius 1 is 1.30 bits per heavy atom. The number of thiazole rings is 1. The maximum absolute atomic E-state index is 11.4. The van der Waals surface area contributed by atoms with E-state index in [4.69, 9.17) is 0 Å². The summed E-state index contributed by atoms with van der Waals surface area (Å²) in [7, 11) is 3.47. The molecule has 0 amide bonds. The Labute approximate surface area is 123 Å². The Morgan fingerprint density at radius 2 is 2.00 bits per heavy atom.